The van der Waals surface area contributed by atoms with E-state index in [1.165, 1.54) is 6.92 Å². The predicted octanol–water partition coefficient (Wildman–Crippen LogP) is 11.2. The van der Waals surface area contributed by atoms with Crippen LogP contribution in [0.3, 0.4) is 0 Å². The molecule has 1 N–H and O–H groups in total. The number of carbonyl (C=O) groups excluding carboxylic acids is 1. The van der Waals surface area contributed by atoms with Gasteiger partial charge in [-0.25, -0.2) is 0 Å². The molecular weight excluding hydrogens is 817 g/mol. The van der Waals surface area contributed by atoms with E-state index < -0.39 is 36.3 Å². The van der Waals surface area contributed by atoms with Crippen molar-refractivity contribution < 1.29 is 43.1 Å². The Labute approximate surface area is 381 Å². The lowest BCUT2D eigenvalue weighted by Crippen LogP contribution is -2.58. The number of phenols is 1. The van der Waals surface area contributed by atoms with Crippen molar-refractivity contribution in [3.63, 3.8) is 0 Å². The van der Waals surface area contributed by atoms with Crippen LogP contribution in [0.5, 0.6) is 17.2 Å². The number of aromatic hydroxyl groups is 1. The zero-order chi connectivity index (χ0) is 44.6. The number of ketones is 1. The third kappa shape index (κ3) is 12.2. The van der Waals surface area contributed by atoms with E-state index in [1.807, 2.05) is 182 Å². The molecule has 0 radical (unpaired) electrons. The summed E-state index contributed by atoms with van der Waals surface area (Å²) in [6.07, 6.45) is -4.30. The molecule has 9 nitrogen and oxygen atoms in total. The first-order valence-electron chi connectivity index (χ1n) is 22.0. The van der Waals surface area contributed by atoms with Crippen molar-refractivity contribution >= 4 is 5.78 Å². The molecule has 0 spiro atoms. The summed E-state index contributed by atoms with van der Waals surface area (Å²) in [5.41, 5.74) is 5.83. The van der Waals surface area contributed by atoms with E-state index in [-0.39, 0.29) is 68.0 Å². The van der Waals surface area contributed by atoms with Gasteiger partial charge >= 0.3 is 0 Å². The van der Waals surface area contributed by atoms with Crippen LogP contribution in [0.2, 0.25) is 0 Å². The summed E-state index contributed by atoms with van der Waals surface area (Å²) in [5.74, 6) is -0.305. The van der Waals surface area contributed by atoms with Crippen LogP contribution < -0.4 is 9.47 Å². The molecule has 0 aliphatic carbocycles. The van der Waals surface area contributed by atoms with E-state index in [0.29, 0.717) is 6.61 Å². The summed E-state index contributed by atoms with van der Waals surface area (Å²) in [6.45, 7) is 2.77. The molecule has 1 saturated heterocycles. The van der Waals surface area contributed by atoms with Gasteiger partial charge in [-0.1, -0.05) is 182 Å². The first kappa shape index (κ1) is 45.0. The molecule has 9 heteroatoms. The number of hydrogen-bond acceptors (Lipinski definition) is 9. The molecule has 1 aliphatic rings. The number of hydrogen-bond donors (Lipinski definition) is 1. The molecule has 332 valence electrons. The molecule has 1 heterocycles. The minimum absolute atomic E-state index is 0.00511. The second-order valence-corrected chi connectivity index (χ2v) is 16.0. The number of Topliss-reactive ketones (excluding diaryl/α,β-unsaturated/α-hetero) is 1. The lowest BCUT2D eigenvalue weighted by Gasteiger charge is -2.46. The normalized spacial score (nSPS) is 18.2. The standard InChI is InChI=1S/C56H54O9/c1-40(57)50-47(60-34-42-22-10-3-11-23-42)32-48(61-35-43-24-12-4-13-25-43)51(52(50)58)54-56(64-38-46-30-18-7-19-31-46)55(63-37-45-28-16-6-17-29-45)53(62-36-44-26-14-5-15-27-44)49(65-54)39-59-33-41-20-8-2-9-21-41/h2-32,49,53-56,58H,33-39H2,1H3/t49-,53-,54+,55+,56-/m1/s1. The van der Waals surface area contributed by atoms with Crippen LogP contribution in [0.25, 0.3) is 0 Å². The molecule has 0 unspecified atom stereocenters. The molecule has 1 fully saturated rings. The summed E-state index contributed by atoms with van der Waals surface area (Å²) < 4.78 is 47.6. The molecule has 65 heavy (non-hydrogen) atoms. The molecule has 0 saturated carbocycles. The largest absolute Gasteiger partial charge is 0.507 e. The van der Waals surface area contributed by atoms with Crippen LogP contribution in [0.4, 0.5) is 0 Å². The Morgan fingerprint density at radius 3 is 1.28 bits per heavy atom. The zero-order valence-corrected chi connectivity index (χ0v) is 36.4. The van der Waals surface area contributed by atoms with Gasteiger partial charge in [0, 0.05) is 6.07 Å². The highest BCUT2D eigenvalue weighted by molar-refractivity contribution is 6.00. The molecule has 0 aromatic heterocycles. The van der Waals surface area contributed by atoms with Crippen LogP contribution in [0.1, 0.15) is 62.3 Å². The van der Waals surface area contributed by atoms with E-state index in [9.17, 15) is 9.90 Å². The minimum atomic E-state index is -1.08. The molecule has 7 aromatic carbocycles. The second kappa shape index (κ2) is 22.9. The molecule has 5 atom stereocenters. The molecule has 0 amide bonds. The highest BCUT2D eigenvalue weighted by Gasteiger charge is 2.51. The van der Waals surface area contributed by atoms with E-state index in [0.717, 1.165) is 33.4 Å². The van der Waals surface area contributed by atoms with E-state index in [4.69, 9.17) is 33.2 Å². The lowest BCUT2D eigenvalue weighted by atomic mass is 9.88. The van der Waals surface area contributed by atoms with Crippen LogP contribution in [0, 0.1) is 0 Å². The van der Waals surface area contributed by atoms with Crippen LogP contribution in [-0.2, 0) is 63.3 Å². The van der Waals surface area contributed by atoms with Crippen molar-refractivity contribution in [2.45, 2.75) is 77.1 Å². The molecular formula is C56H54O9. The molecule has 7 aromatic rings. The fraction of sp³-hybridized carbons (Fsp3) is 0.232. The van der Waals surface area contributed by atoms with Gasteiger partial charge in [0.15, 0.2) is 5.78 Å². The van der Waals surface area contributed by atoms with Crippen molar-refractivity contribution in [1.82, 2.24) is 0 Å². The van der Waals surface area contributed by atoms with Crippen molar-refractivity contribution in [3.05, 3.63) is 233 Å². The van der Waals surface area contributed by atoms with Gasteiger partial charge in [0.25, 0.3) is 0 Å². The minimum Gasteiger partial charge on any atom is -0.507 e. The Morgan fingerprint density at radius 1 is 0.477 bits per heavy atom. The van der Waals surface area contributed by atoms with Gasteiger partial charge in [-0.05, 0) is 40.3 Å². The number of phenolic OH excluding ortho intramolecular Hbond substituents is 1. The van der Waals surface area contributed by atoms with Gasteiger partial charge in [-0.15, -0.1) is 0 Å². The Kier molecular flexibility index (Phi) is 15.8. The molecule has 8 rings (SSSR count). The monoisotopic (exact) mass is 870 g/mol. The lowest BCUT2D eigenvalue weighted by molar-refractivity contribution is -0.275. The molecule has 0 bridgehead atoms. The fourth-order valence-electron chi connectivity index (χ4n) is 7.98. The van der Waals surface area contributed by atoms with Crippen molar-refractivity contribution in [2.75, 3.05) is 6.61 Å². The van der Waals surface area contributed by atoms with Crippen molar-refractivity contribution in [2.24, 2.45) is 0 Å². The van der Waals surface area contributed by atoms with Gasteiger partial charge in [-0.3, -0.25) is 4.79 Å². The summed E-state index contributed by atoms with van der Waals surface area (Å²) in [4.78, 5) is 13.7. The summed E-state index contributed by atoms with van der Waals surface area (Å²) in [5, 5.41) is 12.7. The SMILES string of the molecule is CC(=O)c1c(OCc2ccccc2)cc(OCc2ccccc2)c([C@@H]2O[C@H](COCc3ccccc3)[C@@H](OCc3ccccc3)[C@H](OCc3ccccc3)[C@@H]2OCc2ccccc2)c1O. The Hall–Kier alpha value is -6.59. The van der Waals surface area contributed by atoms with Gasteiger partial charge in [-0.2, -0.15) is 0 Å². The quantitative estimate of drug-likeness (QED) is 0.0707. The van der Waals surface area contributed by atoms with E-state index in [2.05, 4.69) is 0 Å². The predicted molar refractivity (Wildman–Crippen MR) is 248 cm³/mol. The average molecular weight is 871 g/mol. The number of rotatable bonds is 21. The maximum absolute atomic E-state index is 13.7. The Bertz CT molecular complexity index is 2510. The fourth-order valence-corrected chi connectivity index (χ4v) is 7.98. The van der Waals surface area contributed by atoms with Crippen molar-refractivity contribution in [1.29, 1.82) is 0 Å². The zero-order valence-electron chi connectivity index (χ0n) is 36.4. The third-order valence-electron chi connectivity index (χ3n) is 11.3. The smallest absolute Gasteiger partial charge is 0.167 e. The highest BCUT2D eigenvalue weighted by atomic mass is 16.6. The number of benzene rings is 7. The van der Waals surface area contributed by atoms with Crippen molar-refractivity contribution in [3.8, 4) is 17.2 Å². The first-order valence-corrected chi connectivity index (χ1v) is 22.0. The van der Waals surface area contributed by atoms with Gasteiger partial charge in [0.2, 0.25) is 0 Å². The van der Waals surface area contributed by atoms with Crippen LogP contribution in [0.15, 0.2) is 188 Å². The first-order chi connectivity index (χ1) is 32.0. The van der Waals surface area contributed by atoms with Crippen LogP contribution >= 0.6 is 0 Å². The topological polar surface area (TPSA) is 102 Å². The summed E-state index contributed by atoms with van der Waals surface area (Å²) >= 11 is 0. The van der Waals surface area contributed by atoms with E-state index >= 15 is 0 Å². The number of ether oxygens (including phenoxy) is 7. The van der Waals surface area contributed by atoms with Gasteiger partial charge < -0.3 is 38.3 Å². The maximum atomic E-state index is 13.7. The maximum Gasteiger partial charge on any atom is 0.167 e. The number of carbonyl (C=O) groups is 1. The van der Waals surface area contributed by atoms with Gasteiger partial charge in [0.05, 0.1) is 38.6 Å². The third-order valence-corrected chi connectivity index (χ3v) is 11.3. The van der Waals surface area contributed by atoms with Crippen LogP contribution in [-0.4, -0.2) is 41.9 Å². The Balaban J connectivity index is 1.26. The Morgan fingerprint density at radius 2 is 0.846 bits per heavy atom. The van der Waals surface area contributed by atoms with E-state index in [1.54, 1.807) is 6.07 Å². The summed E-state index contributed by atoms with van der Waals surface area (Å²) in [7, 11) is 0. The highest BCUT2D eigenvalue weighted by Crippen LogP contribution is 2.49. The van der Waals surface area contributed by atoms with Gasteiger partial charge in [0.1, 0.15) is 66.5 Å². The summed E-state index contributed by atoms with van der Waals surface area (Å²) in [6, 6.07) is 60.6. The second-order valence-electron chi connectivity index (χ2n) is 16.0. The average Bonchev–Trinajstić information content (AvgIpc) is 3.35. The molecule has 1 aliphatic heterocycles.